The van der Waals surface area contributed by atoms with Gasteiger partial charge in [0.1, 0.15) is 5.75 Å². The molecule has 140 valence electrons. The van der Waals surface area contributed by atoms with Crippen molar-refractivity contribution >= 4 is 33.2 Å². The van der Waals surface area contributed by atoms with Gasteiger partial charge in [0.05, 0.1) is 28.8 Å². The summed E-state index contributed by atoms with van der Waals surface area (Å²) in [6.45, 7) is 4.06. The van der Waals surface area contributed by atoms with Gasteiger partial charge in [-0.1, -0.05) is 19.1 Å². The molecule has 1 amide bonds. The molecule has 0 radical (unpaired) electrons. The van der Waals surface area contributed by atoms with Gasteiger partial charge in [-0.3, -0.25) is 9.59 Å². The van der Waals surface area contributed by atoms with Crippen molar-refractivity contribution in [1.82, 2.24) is 10.3 Å². The van der Waals surface area contributed by atoms with E-state index in [1.54, 1.807) is 36.6 Å². The molecule has 3 aromatic rings. The topological polar surface area (TPSA) is 68.3 Å². The molecule has 1 heterocycles. The highest BCUT2D eigenvalue weighted by atomic mass is 32.1. The molecule has 5 nitrogen and oxygen atoms in total. The minimum atomic E-state index is -0.109. The lowest BCUT2D eigenvalue weighted by Crippen LogP contribution is -2.29. The van der Waals surface area contributed by atoms with Crippen LogP contribution in [0.1, 0.15) is 40.7 Å². The van der Waals surface area contributed by atoms with E-state index in [4.69, 9.17) is 4.74 Å². The number of ether oxygens (including phenoxy) is 1. The number of para-hydroxylation sites is 1. The monoisotopic (exact) mass is 382 g/mol. The summed E-state index contributed by atoms with van der Waals surface area (Å²) in [7, 11) is 1.55. The average Bonchev–Trinajstić information content (AvgIpc) is 3.10. The zero-order valence-electron chi connectivity index (χ0n) is 15.6. The van der Waals surface area contributed by atoms with E-state index in [-0.39, 0.29) is 24.0 Å². The molecule has 0 aliphatic carbocycles. The van der Waals surface area contributed by atoms with E-state index in [0.717, 1.165) is 15.2 Å². The maximum Gasteiger partial charge on any atom is 0.224 e. The van der Waals surface area contributed by atoms with Crippen molar-refractivity contribution in [2.24, 2.45) is 0 Å². The molecule has 0 saturated carbocycles. The molecular weight excluding hydrogens is 360 g/mol. The summed E-state index contributed by atoms with van der Waals surface area (Å²) < 4.78 is 6.46. The second kappa shape index (κ2) is 8.31. The van der Waals surface area contributed by atoms with Crippen LogP contribution in [-0.4, -0.2) is 30.3 Å². The first-order chi connectivity index (χ1) is 13.0. The van der Waals surface area contributed by atoms with Crippen molar-refractivity contribution in [3.8, 4) is 5.75 Å². The molecule has 1 aromatic heterocycles. The summed E-state index contributed by atoms with van der Waals surface area (Å²) in [5.74, 6) is 0.580. The highest BCUT2D eigenvalue weighted by Crippen LogP contribution is 2.27. The Labute approximate surface area is 162 Å². The number of amides is 1. The molecule has 2 aromatic carbocycles. The van der Waals surface area contributed by atoms with Crippen LogP contribution in [0, 0.1) is 0 Å². The van der Waals surface area contributed by atoms with E-state index in [2.05, 4.69) is 23.3 Å². The van der Waals surface area contributed by atoms with E-state index in [0.29, 0.717) is 23.4 Å². The number of ketones is 1. The number of benzene rings is 2. The Hall–Kier alpha value is -2.73. The van der Waals surface area contributed by atoms with Crippen LogP contribution < -0.4 is 10.1 Å². The molecule has 1 N–H and O–H groups in total. The van der Waals surface area contributed by atoms with Crippen LogP contribution in [0.5, 0.6) is 5.75 Å². The minimum Gasteiger partial charge on any atom is -0.496 e. The van der Waals surface area contributed by atoms with Crippen LogP contribution in [0.25, 0.3) is 10.2 Å². The summed E-state index contributed by atoms with van der Waals surface area (Å²) in [4.78, 5) is 28.6. The Bertz CT molecular complexity index is 947. The maximum absolute atomic E-state index is 12.4. The van der Waals surface area contributed by atoms with Crippen LogP contribution in [-0.2, 0) is 11.2 Å². The summed E-state index contributed by atoms with van der Waals surface area (Å²) in [6, 6.07) is 13.2. The Morgan fingerprint density at radius 3 is 2.70 bits per heavy atom. The first-order valence-corrected chi connectivity index (χ1v) is 9.59. The van der Waals surface area contributed by atoms with Gasteiger partial charge >= 0.3 is 0 Å². The highest BCUT2D eigenvalue weighted by Gasteiger charge is 2.15. The highest BCUT2D eigenvalue weighted by molar-refractivity contribution is 7.18. The van der Waals surface area contributed by atoms with E-state index in [9.17, 15) is 9.59 Å². The lowest BCUT2D eigenvalue weighted by molar-refractivity contribution is -0.120. The summed E-state index contributed by atoms with van der Waals surface area (Å²) in [5, 5.41) is 3.97. The molecular formula is C21H22N2O3S. The third-order valence-corrected chi connectivity index (χ3v) is 5.64. The number of nitrogens with zero attached hydrogens (tertiary/aromatic N) is 1. The molecule has 3 rings (SSSR count). The number of thiazole rings is 1. The number of nitrogens with one attached hydrogen (secondary N) is 1. The fourth-order valence-electron chi connectivity index (χ4n) is 2.83. The van der Waals surface area contributed by atoms with Gasteiger partial charge in [0, 0.05) is 23.6 Å². The number of hydrogen-bond acceptors (Lipinski definition) is 5. The summed E-state index contributed by atoms with van der Waals surface area (Å²) >= 11 is 1.65. The van der Waals surface area contributed by atoms with Crippen molar-refractivity contribution in [1.29, 1.82) is 0 Å². The first kappa shape index (κ1) is 19.0. The van der Waals surface area contributed by atoms with Gasteiger partial charge in [0.15, 0.2) is 5.78 Å². The third-order valence-electron chi connectivity index (χ3n) is 4.38. The number of carbonyl (C=O) groups excluding carboxylic acids is 2. The Morgan fingerprint density at radius 2 is 2.00 bits per heavy atom. The van der Waals surface area contributed by atoms with Crippen molar-refractivity contribution < 1.29 is 14.3 Å². The standard InChI is InChI=1S/C21H22N2O3S/c1-13(21-23-17-6-4-5-7-19(17)27-21)12-22-20(25)11-16-10-15(14(2)24)8-9-18(16)26-3/h4-10,13H,11-12H2,1-3H3,(H,22,25). The molecule has 6 heteroatoms. The number of hydrogen-bond donors (Lipinski definition) is 1. The van der Waals surface area contributed by atoms with Gasteiger partial charge < -0.3 is 10.1 Å². The maximum atomic E-state index is 12.4. The van der Waals surface area contributed by atoms with E-state index < -0.39 is 0 Å². The van der Waals surface area contributed by atoms with Crippen molar-refractivity contribution in [2.75, 3.05) is 13.7 Å². The number of carbonyl (C=O) groups is 2. The Balaban J connectivity index is 1.64. The van der Waals surface area contributed by atoms with Gasteiger partial charge in [-0.05, 0) is 37.3 Å². The number of aromatic nitrogens is 1. The molecule has 1 atom stereocenters. The number of Topliss-reactive ketones (excluding diaryl/α,β-unsaturated/α-hetero) is 1. The number of rotatable bonds is 7. The summed E-state index contributed by atoms with van der Waals surface area (Å²) in [6.07, 6.45) is 0.164. The van der Waals surface area contributed by atoms with E-state index in [1.807, 2.05) is 18.2 Å². The average molecular weight is 382 g/mol. The number of methoxy groups -OCH3 is 1. The predicted octanol–water partition coefficient (Wildman–Crippen LogP) is 3.97. The Kier molecular flexibility index (Phi) is 5.86. The third kappa shape index (κ3) is 4.52. The molecule has 0 aliphatic heterocycles. The van der Waals surface area contributed by atoms with Crippen LogP contribution in [0.4, 0.5) is 0 Å². The normalized spacial score (nSPS) is 12.0. The van der Waals surface area contributed by atoms with Crippen LogP contribution in [0.15, 0.2) is 42.5 Å². The molecule has 0 bridgehead atoms. The molecule has 0 spiro atoms. The fourth-order valence-corrected chi connectivity index (χ4v) is 3.84. The SMILES string of the molecule is COc1ccc(C(C)=O)cc1CC(=O)NCC(C)c1nc2ccccc2s1. The van der Waals surface area contributed by atoms with Gasteiger partial charge in [-0.25, -0.2) is 4.98 Å². The largest absolute Gasteiger partial charge is 0.496 e. The van der Waals surface area contributed by atoms with Gasteiger partial charge in [-0.2, -0.15) is 0 Å². The van der Waals surface area contributed by atoms with Crippen LogP contribution >= 0.6 is 11.3 Å². The quantitative estimate of drug-likeness (QED) is 0.628. The van der Waals surface area contributed by atoms with Crippen molar-refractivity contribution in [3.05, 3.63) is 58.6 Å². The molecule has 0 saturated heterocycles. The van der Waals surface area contributed by atoms with E-state index in [1.165, 1.54) is 6.92 Å². The smallest absolute Gasteiger partial charge is 0.224 e. The molecule has 1 unspecified atom stereocenters. The van der Waals surface area contributed by atoms with Crippen molar-refractivity contribution in [3.63, 3.8) is 0 Å². The second-order valence-electron chi connectivity index (χ2n) is 6.48. The number of fused-ring (bicyclic) bond motifs is 1. The van der Waals surface area contributed by atoms with Crippen LogP contribution in [0.3, 0.4) is 0 Å². The predicted molar refractivity (Wildman–Crippen MR) is 108 cm³/mol. The van der Waals surface area contributed by atoms with Gasteiger partial charge in [0.2, 0.25) is 5.91 Å². The zero-order chi connectivity index (χ0) is 19.4. The Morgan fingerprint density at radius 1 is 1.22 bits per heavy atom. The first-order valence-electron chi connectivity index (χ1n) is 8.78. The molecule has 0 fully saturated rings. The fraction of sp³-hybridized carbons (Fsp3) is 0.286. The lowest BCUT2D eigenvalue weighted by Gasteiger charge is -2.12. The lowest BCUT2D eigenvalue weighted by atomic mass is 10.0. The van der Waals surface area contributed by atoms with E-state index >= 15 is 0 Å². The summed E-state index contributed by atoms with van der Waals surface area (Å²) in [5.41, 5.74) is 2.26. The molecule has 0 aliphatic rings. The zero-order valence-corrected chi connectivity index (χ0v) is 16.4. The van der Waals surface area contributed by atoms with Crippen LogP contribution in [0.2, 0.25) is 0 Å². The second-order valence-corrected chi connectivity index (χ2v) is 7.55. The minimum absolute atomic E-state index is 0.0382. The molecule has 27 heavy (non-hydrogen) atoms. The van der Waals surface area contributed by atoms with Crippen molar-refractivity contribution in [2.45, 2.75) is 26.2 Å². The van der Waals surface area contributed by atoms with Gasteiger partial charge in [-0.15, -0.1) is 11.3 Å². The van der Waals surface area contributed by atoms with Gasteiger partial charge in [0.25, 0.3) is 0 Å².